The molecule has 3 nitrogen and oxygen atoms in total. The number of allylic oxidation sites excluding steroid dienone is 2. The summed E-state index contributed by atoms with van der Waals surface area (Å²) in [6.07, 6.45) is 7.42. The van der Waals surface area contributed by atoms with E-state index in [4.69, 9.17) is 0 Å². The second-order valence-electron chi connectivity index (χ2n) is 7.96. The van der Waals surface area contributed by atoms with Gasteiger partial charge in [0.25, 0.3) is 0 Å². The average molecular weight is 373 g/mol. The topological polar surface area (TPSA) is 30.3 Å². The molecule has 29 heavy (non-hydrogen) atoms. The number of hydrogen-bond acceptors (Lipinski definition) is 3. The highest BCUT2D eigenvalue weighted by atomic mass is 15.2. The van der Waals surface area contributed by atoms with Crippen molar-refractivity contribution in [3.8, 4) is 17.9 Å². The van der Waals surface area contributed by atoms with Crippen molar-refractivity contribution in [1.82, 2.24) is 0 Å². The minimum Gasteiger partial charge on any atom is -0.367 e. The molecule has 2 aliphatic carbocycles. The summed E-state index contributed by atoms with van der Waals surface area (Å²) in [7, 11) is 2.18. The van der Waals surface area contributed by atoms with E-state index in [1.54, 1.807) is 6.08 Å². The van der Waals surface area contributed by atoms with Crippen LogP contribution in [0.2, 0.25) is 0 Å². The third kappa shape index (κ3) is 2.13. The van der Waals surface area contributed by atoms with Crippen LogP contribution in [0.15, 0.2) is 78.0 Å². The first-order chi connectivity index (χ1) is 14.3. The molecule has 138 valence electrons. The maximum atomic E-state index is 9.69. The fraction of sp³-hybridized carbons (Fsp3) is 0.192. The van der Waals surface area contributed by atoms with Gasteiger partial charge < -0.3 is 9.80 Å². The van der Waals surface area contributed by atoms with Gasteiger partial charge >= 0.3 is 0 Å². The van der Waals surface area contributed by atoms with E-state index in [0.29, 0.717) is 6.04 Å². The standard InChI is InChI=1S/C26H19N3/c1-28-22-10-4-2-8-19(22)21-15-18(13-14-23(21)28)29-24-11-5-3-9-20(24)26-17(16-27)7-6-12-25(26)29/h2-5,7-11,13,15,23,25-26H,14H2,1H3. The minimum absolute atomic E-state index is 0.0213. The van der Waals surface area contributed by atoms with Crippen LogP contribution in [0, 0.1) is 23.2 Å². The summed E-state index contributed by atoms with van der Waals surface area (Å²) in [5.41, 5.74) is 8.31. The molecule has 0 N–H and O–H groups in total. The Bertz CT molecular complexity index is 1240. The van der Waals surface area contributed by atoms with Crippen LogP contribution in [-0.2, 0) is 0 Å². The molecule has 0 spiro atoms. The Balaban J connectivity index is 1.49. The van der Waals surface area contributed by atoms with Crippen LogP contribution in [0.5, 0.6) is 0 Å². The van der Waals surface area contributed by atoms with Crippen LogP contribution in [-0.4, -0.2) is 19.1 Å². The van der Waals surface area contributed by atoms with Gasteiger partial charge in [-0.15, -0.1) is 0 Å². The number of para-hydroxylation sites is 2. The Morgan fingerprint density at radius 3 is 2.72 bits per heavy atom. The Morgan fingerprint density at radius 2 is 1.86 bits per heavy atom. The van der Waals surface area contributed by atoms with Gasteiger partial charge in [-0.2, -0.15) is 5.26 Å². The molecule has 0 saturated carbocycles. The van der Waals surface area contributed by atoms with E-state index in [-0.39, 0.29) is 12.0 Å². The molecule has 2 aromatic carbocycles. The van der Waals surface area contributed by atoms with Gasteiger partial charge in [-0.1, -0.05) is 54.3 Å². The number of rotatable bonds is 1. The lowest BCUT2D eigenvalue weighted by atomic mass is 9.86. The predicted octanol–water partition coefficient (Wildman–Crippen LogP) is 4.62. The summed E-state index contributed by atoms with van der Waals surface area (Å²) in [6.45, 7) is 0. The zero-order valence-corrected chi connectivity index (χ0v) is 16.1. The number of likely N-dealkylation sites (N-methyl/N-ethyl adjacent to an activating group) is 1. The van der Waals surface area contributed by atoms with Crippen molar-refractivity contribution >= 4 is 16.9 Å². The molecular formula is C26H19N3. The molecule has 0 fully saturated rings. The van der Waals surface area contributed by atoms with E-state index in [0.717, 1.165) is 12.0 Å². The zero-order valence-electron chi connectivity index (χ0n) is 16.1. The molecule has 0 bridgehead atoms. The van der Waals surface area contributed by atoms with E-state index < -0.39 is 0 Å². The van der Waals surface area contributed by atoms with E-state index in [1.807, 2.05) is 0 Å². The molecule has 0 aromatic heterocycles. The lowest BCUT2D eigenvalue weighted by molar-refractivity contribution is 0.722. The summed E-state index contributed by atoms with van der Waals surface area (Å²) < 4.78 is 0. The van der Waals surface area contributed by atoms with Crippen molar-refractivity contribution in [1.29, 1.82) is 5.26 Å². The van der Waals surface area contributed by atoms with Gasteiger partial charge in [-0.05, 0) is 35.8 Å². The first-order valence-electron chi connectivity index (χ1n) is 10.0. The molecule has 0 saturated heterocycles. The van der Waals surface area contributed by atoms with Crippen molar-refractivity contribution in [2.24, 2.45) is 0 Å². The average Bonchev–Trinajstić information content (AvgIpc) is 3.26. The molecule has 3 heteroatoms. The second-order valence-corrected chi connectivity index (χ2v) is 7.96. The maximum Gasteiger partial charge on any atom is 0.107 e. The van der Waals surface area contributed by atoms with Gasteiger partial charge in [0, 0.05) is 41.3 Å². The van der Waals surface area contributed by atoms with E-state index in [9.17, 15) is 5.26 Å². The molecule has 0 radical (unpaired) electrons. The molecule has 2 heterocycles. The summed E-state index contributed by atoms with van der Waals surface area (Å²) >= 11 is 0. The first kappa shape index (κ1) is 16.3. The summed E-state index contributed by atoms with van der Waals surface area (Å²) in [5.74, 6) is 6.51. The van der Waals surface area contributed by atoms with Gasteiger partial charge in [-0.25, -0.2) is 0 Å². The van der Waals surface area contributed by atoms with Gasteiger partial charge in [0.1, 0.15) is 6.04 Å². The Morgan fingerprint density at radius 1 is 1.07 bits per heavy atom. The highest BCUT2D eigenvalue weighted by Crippen LogP contribution is 2.50. The summed E-state index contributed by atoms with van der Waals surface area (Å²) in [4.78, 5) is 4.73. The monoisotopic (exact) mass is 373 g/mol. The molecule has 6 rings (SSSR count). The Labute approximate surface area is 170 Å². The second kappa shape index (κ2) is 5.90. The third-order valence-corrected chi connectivity index (χ3v) is 6.60. The van der Waals surface area contributed by atoms with Crippen LogP contribution in [0.4, 0.5) is 11.4 Å². The molecule has 3 unspecified atom stereocenters. The quantitative estimate of drug-likeness (QED) is 0.684. The largest absolute Gasteiger partial charge is 0.367 e. The van der Waals surface area contributed by atoms with Gasteiger partial charge in [0.05, 0.1) is 18.0 Å². The van der Waals surface area contributed by atoms with Crippen LogP contribution < -0.4 is 9.80 Å². The molecule has 2 aliphatic heterocycles. The van der Waals surface area contributed by atoms with Crippen molar-refractivity contribution in [2.75, 3.05) is 16.8 Å². The minimum atomic E-state index is -0.0268. The third-order valence-electron chi connectivity index (χ3n) is 6.60. The van der Waals surface area contributed by atoms with E-state index >= 15 is 0 Å². The Hall–Kier alpha value is -3.69. The van der Waals surface area contributed by atoms with Crippen molar-refractivity contribution in [3.05, 3.63) is 89.2 Å². The molecular weight excluding hydrogens is 354 g/mol. The van der Waals surface area contributed by atoms with Crippen LogP contribution in [0.1, 0.15) is 23.5 Å². The zero-order chi connectivity index (χ0) is 19.5. The number of nitriles is 1. The fourth-order valence-corrected chi connectivity index (χ4v) is 5.28. The smallest absolute Gasteiger partial charge is 0.107 e. The van der Waals surface area contributed by atoms with Crippen molar-refractivity contribution in [2.45, 2.75) is 24.4 Å². The van der Waals surface area contributed by atoms with Gasteiger partial charge in [-0.3, -0.25) is 0 Å². The number of anilines is 2. The van der Waals surface area contributed by atoms with Crippen LogP contribution in [0.3, 0.4) is 0 Å². The van der Waals surface area contributed by atoms with Crippen LogP contribution in [0.25, 0.3) is 5.57 Å². The first-order valence-corrected chi connectivity index (χ1v) is 10.0. The number of nitrogens with zero attached hydrogens (tertiary/aromatic N) is 3. The lowest BCUT2D eigenvalue weighted by Gasteiger charge is -2.32. The van der Waals surface area contributed by atoms with Crippen molar-refractivity contribution in [3.63, 3.8) is 0 Å². The summed E-state index contributed by atoms with van der Waals surface area (Å²) in [5, 5.41) is 9.69. The van der Waals surface area contributed by atoms with Crippen molar-refractivity contribution < 1.29 is 0 Å². The molecule has 3 atom stereocenters. The molecule has 2 aromatic rings. The predicted molar refractivity (Wildman–Crippen MR) is 116 cm³/mol. The normalized spacial score (nSPS) is 25.4. The Kier molecular flexibility index (Phi) is 3.31. The molecule has 0 amide bonds. The number of hydrogen-bond donors (Lipinski definition) is 0. The summed E-state index contributed by atoms with van der Waals surface area (Å²) in [6, 6.07) is 19.8. The maximum absolute atomic E-state index is 9.69. The van der Waals surface area contributed by atoms with Gasteiger partial charge in [0.15, 0.2) is 0 Å². The highest BCUT2D eigenvalue weighted by Gasteiger charge is 2.43. The number of fused-ring (bicyclic) bond motifs is 6. The number of benzene rings is 2. The SMILES string of the molecule is CN1c2ccccc2C2=CC(N3c4ccccc4C4C(C#N)=CC#CC43)=CCC21. The van der Waals surface area contributed by atoms with Gasteiger partial charge in [0.2, 0.25) is 0 Å². The lowest BCUT2D eigenvalue weighted by Crippen LogP contribution is -2.35. The van der Waals surface area contributed by atoms with E-state index in [2.05, 4.69) is 95.4 Å². The molecule has 4 aliphatic rings. The fourth-order valence-electron chi connectivity index (χ4n) is 5.28. The van der Waals surface area contributed by atoms with E-state index in [1.165, 1.54) is 33.8 Å². The van der Waals surface area contributed by atoms with Crippen LogP contribution >= 0.6 is 0 Å². The highest BCUT2D eigenvalue weighted by molar-refractivity contribution is 5.90.